The summed E-state index contributed by atoms with van der Waals surface area (Å²) in [5.74, 6) is 1.33. The molecule has 8 heavy (non-hydrogen) atoms. The molecule has 1 aliphatic carbocycles. The van der Waals surface area contributed by atoms with Gasteiger partial charge in [0.2, 0.25) is 0 Å². The van der Waals surface area contributed by atoms with E-state index in [0.717, 1.165) is 11.3 Å². The largest absolute Gasteiger partial charge is 0.312 e. The highest BCUT2D eigenvalue weighted by molar-refractivity contribution is 8.00. The van der Waals surface area contributed by atoms with Gasteiger partial charge in [0, 0.05) is 23.6 Å². The maximum absolute atomic E-state index is 3.50. The van der Waals surface area contributed by atoms with E-state index in [1.54, 1.807) is 0 Å². The molecule has 2 rings (SSSR count). The third-order valence-corrected chi connectivity index (χ3v) is 3.48. The maximum atomic E-state index is 3.50. The molecule has 2 aliphatic rings. The van der Waals surface area contributed by atoms with Crippen molar-refractivity contribution in [3.05, 3.63) is 0 Å². The molecule has 2 fully saturated rings. The molecule has 1 aliphatic heterocycles. The lowest BCUT2D eigenvalue weighted by molar-refractivity contribution is 0.351. The normalized spacial score (nSPS) is 45.0. The molecular weight excluding hydrogens is 118 g/mol. The van der Waals surface area contributed by atoms with E-state index in [4.69, 9.17) is 0 Å². The van der Waals surface area contributed by atoms with Crippen LogP contribution in [0.15, 0.2) is 0 Å². The van der Waals surface area contributed by atoms with Crippen LogP contribution in [0.4, 0.5) is 0 Å². The highest BCUT2D eigenvalue weighted by Gasteiger charge is 2.32. The first-order valence-electron chi connectivity index (χ1n) is 3.32. The molecule has 0 bridgehead atoms. The molecule has 2 atom stereocenters. The van der Waals surface area contributed by atoms with Gasteiger partial charge in [-0.3, -0.25) is 0 Å². The van der Waals surface area contributed by atoms with Gasteiger partial charge < -0.3 is 5.32 Å². The van der Waals surface area contributed by atoms with Crippen LogP contribution in [0.25, 0.3) is 0 Å². The SMILES string of the molecule is C1CS[C@@H]2CC[C@@H]2N1. The molecule has 46 valence electrons. The fourth-order valence-corrected chi connectivity index (χ4v) is 2.66. The average molecular weight is 129 g/mol. The van der Waals surface area contributed by atoms with Gasteiger partial charge in [-0.1, -0.05) is 0 Å². The van der Waals surface area contributed by atoms with Crippen LogP contribution in [0.1, 0.15) is 12.8 Å². The van der Waals surface area contributed by atoms with Crippen molar-refractivity contribution in [2.45, 2.75) is 24.1 Å². The van der Waals surface area contributed by atoms with E-state index < -0.39 is 0 Å². The number of nitrogens with one attached hydrogen (secondary N) is 1. The summed E-state index contributed by atoms with van der Waals surface area (Å²) >= 11 is 2.15. The van der Waals surface area contributed by atoms with Gasteiger partial charge in [0.25, 0.3) is 0 Å². The maximum Gasteiger partial charge on any atom is 0.0202 e. The van der Waals surface area contributed by atoms with Gasteiger partial charge in [0.05, 0.1) is 0 Å². The number of rotatable bonds is 0. The molecule has 1 saturated carbocycles. The third kappa shape index (κ3) is 0.669. The molecule has 0 aromatic heterocycles. The van der Waals surface area contributed by atoms with Crippen molar-refractivity contribution in [3.63, 3.8) is 0 Å². The summed E-state index contributed by atoms with van der Waals surface area (Å²) in [7, 11) is 0. The molecule has 0 radical (unpaired) electrons. The molecule has 0 amide bonds. The van der Waals surface area contributed by atoms with Crippen LogP contribution in [-0.2, 0) is 0 Å². The minimum absolute atomic E-state index is 0.897. The molecule has 1 heterocycles. The number of hydrogen-bond acceptors (Lipinski definition) is 2. The standard InChI is InChI=1S/C6H11NS/c1-2-6-5(1)7-3-4-8-6/h5-7H,1-4H2/t5-,6+/m0/s1. The van der Waals surface area contributed by atoms with Crippen molar-refractivity contribution in [3.8, 4) is 0 Å². The predicted molar refractivity (Wildman–Crippen MR) is 37.3 cm³/mol. The quantitative estimate of drug-likeness (QED) is 0.520. The Labute approximate surface area is 54.2 Å². The van der Waals surface area contributed by atoms with Crippen molar-refractivity contribution in [1.82, 2.24) is 5.32 Å². The Hall–Kier alpha value is 0.310. The summed E-state index contributed by atoms with van der Waals surface area (Å²) in [5, 5.41) is 4.49. The highest BCUT2D eigenvalue weighted by Crippen LogP contribution is 2.33. The summed E-state index contributed by atoms with van der Waals surface area (Å²) in [6.07, 6.45) is 2.89. The lowest BCUT2D eigenvalue weighted by atomic mass is 9.92. The van der Waals surface area contributed by atoms with Gasteiger partial charge >= 0.3 is 0 Å². The lowest BCUT2D eigenvalue weighted by Gasteiger charge is -2.40. The molecule has 2 heteroatoms. The van der Waals surface area contributed by atoms with Crippen LogP contribution in [0.3, 0.4) is 0 Å². The van der Waals surface area contributed by atoms with Gasteiger partial charge in [0.15, 0.2) is 0 Å². The van der Waals surface area contributed by atoms with E-state index in [0.29, 0.717) is 0 Å². The number of fused-ring (bicyclic) bond motifs is 1. The van der Waals surface area contributed by atoms with E-state index in [9.17, 15) is 0 Å². The zero-order valence-corrected chi connectivity index (χ0v) is 5.71. The van der Waals surface area contributed by atoms with E-state index in [1.807, 2.05) is 0 Å². The Kier molecular flexibility index (Phi) is 1.23. The van der Waals surface area contributed by atoms with Crippen LogP contribution in [0.2, 0.25) is 0 Å². The zero-order valence-electron chi connectivity index (χ0n) is 4.89. The minimum atomic E-state index is 0.897. The first kappa shape index (κ1) is 5.12. The smallest absolute Gasteiger partial charge is 0.0202 e. The molecule has 0 aromatic rings. The predicted octanol–water partition coefficient (Wildman–Crippen LogP) is 0.854. The van der Waals surface area contributed by atoms with Crippen LogP contribution < -0.4 is 5.32 Å². The summed E-state index contributed by atoms with van der Waals surface area (Å²) in [4.78, 5) is 0. The topological polar surface area (TPSA) is 12.0 Å². The van der Waals surface area contributed by atoms with Gasteiger partial charge in [-0.2, -0.15) is 11.8 Å². The van der Waals surface area contributed by atoms with Crippen LogP contribution >= 0.6 is 11.8 Å². The van der Waals surface area contributed by atoms with Crippen LogP contribution in [0.5, 0.6) is 0 Å². The Morgan fingerprint density at radius 3 is 2.75 bits per heavy atom. The van der Waals surface area contributed by atoms with Crippen LogP contribution in [-0.4, -0.2) is 23.6 Å². The van der Waals surface area contributed by atoms with Crippen molar-refractivity contribution in [2.24, 2.45) is 0 Å². The first-order chi connectivity index (χ1) is 3.97. The summed E-state index contributed by atoms with van der Waals surface area (Å²) in [6, 6.07) is 0.897. The first-order valence-corrected chi connectivity index (χ1v) is 4.37. The van der Waals surface area contributed by atoms with Crippen molar-refractivity contribution < 1.29 is 0 Å². The molecular formula is C6H11NS. The zero-order chi connectivity index (χ0) is 5.40. The fourth-order valence-electron chi connectivity index (χ4n) is 1.36. The lowest BCUT2D eigenvalue weighted by Crippen LogP contribution is -2.50. The monoisotopic (exact) mass is 129 g/mol. The van der Waals surface area contributed by atoms with Crippen molar-refractivity contribution in [1.29, 1.82) is 0 Å². The molecule has 1 N–H and O–H groups in total. The summed E-state index contributed by atoms with van der Waals surface area (Å²) in [6.45, 7) is 1.24. The molecule has 0 spiro atoms. The van der Waals surface area contributed by atoms with Gasteiger partial charge in [0.1, 0.15) is 0 Å². The van der Waals surface area contributed by atoms with Gasteiger partial charge in [-0.05, 0) is 12.8 Å². The Morgan fingerprint density at radius 1 is 1.38 bits per heavy atom. The third-order valence-electron chi connectivity index (χ3n) is 2.05. The van der Waals surface area contributed by atoms with Crippen molar-refractivity contribution in [2.75, 3.05) is 12.3 Å². The summed E-state index contributed by atoms with van der Waals surface area (Å²) in [5.41, 5.74) is 0. The second-order valence-corrected chi connectivity index (χ2v) is 3.89. The summed E-state index contributed by atoms with van der Waals surface area (Å²) < 4.78 is 0. The van der Waals surface area contributed by atoms with Gasteiger partial charge in [-0.15, -0.1) is 0 Å². The molecule has 1 saturated heterocycles. The second kappa shape index (κ2) is 1.92. The minimum Gasteiger partial charge on any atom is -0.312 e. The Morgan fingerprint density at radius 2 is 2.38 bits per heavy atom. The van der Waals surface area contributed by atoms with E-state index in [1.165, 1.54) is 25.1 Å². The number of hydrogen-bond donors (Lipinski definition) is 1. The van der Waals surface area contributed by atoms with E-state index in [2.05, 4.69) is 17.1 Å². The van der Waals surface area contributed by atoms with Crippen molar-refractivity contribution >= 4 is 11.8 Å². The highest BCUT2D eigenvalue weighted by atomic mass is 32.2. The van der Waals surface area contributed by atoms with E-state index in [-0.39, 0.29) is 0 Å². The second-order valence-electron chi connectivity index (χ2n) is 2.55. The molecule has 0 aromatic carbocycles. The Bertz CT molecular complexity index is 82.5. The number of thioether (sulfide) groups is 1. The molecule has 0 unspecified atom stereocenters. The average Bonchev–Trinajstić information content (AvgIpc) is 1.72. The van der Waals surface area contributed by atoms with Crippen LogP contribution in [0, 0.1) is 0 Å². The molecule has 1 nitrogen and oxygen atoms in total. The Balaban J connectivity index is 1.92. The van der Waals surface area contributed by atoms with Gasteiger partial charge in [-0.25, -0.2) is 0 Å². The fraction of sp³-hybridized carbons (Fsp3) is 1.00. The van der Waals surface area contributed by atoms with E-state index >= 15 is 0 Å².